The average Bonchev–Trinajstić information content (AvgIpc) is 2.71. The molecule has 0 bridgehead atoms. The van der Waals surface area contributed by atoms with E-state index in [1.807, 2.05) is 0 Å². The molecule has 1 atom stereocenters. The van der Waals surface area contributed by atoms with Crippen molar-refractivity contribution in [3.8, 4) is 0 Å². The van der Waals surface area contributed by atoms with Crippen molar-refractivity contribution in [2.75, 3.05) is 6.54 Å². The zero-order valence-corrected chi connectivity index (χ0v) is 17.7. The van der Waals surface area contributed by atoms with Crippen LogP contribution in [0.5, 0.6) is 0 Å². The number of hydrogen-bond donors (Lipinski definition) is 6. The smallest absolute Gasteiger partial charge is 0.305 e. The van der Waals surface area contributed by atoms with Gasteiger partial charge in [0.25, 0.3) is 5.91 Å². The Labute approximate surface area is 187 Å². The molecular weight excluding hydrogens is 449 g/mol. The lowest BCUT2D eigenvalue weighted by Gasteiger charge is -2.28. The van der Waals surface area contributed by atoms with E-state index >= 15 is 0 Å². The van der Waals surface area contributed by atoms with Gasteiger partial charge in [-0.3, -0.25) is 14.4 Å². The van der Waals surface area contributed by atoms with Crippen LogP contribution >= 0.6 is 23.2 Å². The molecule has 0 saturated heterocycles. The zero-order chi connectivity index (χ0) is 23.0. The van der Waals surface area contributed by atoms with Gasteiger partial charge in [0.2, 0.25) is 5.91 Å². The lowest BCUT2D eigenvalue weighted by atomic mass is 9.94. The maximum Gasteiger partial charge on any atom is 0.305 e. The third kappa shape index (κ3) is 7.28. The Kier molecular flexibility index (Phi) is 8.43. The average molecular weight is 470 g/mol. The van der Waals surface area contributed by atoms with E-state index in [-0.39, 0.29) is 17.7 Å². The third-order valence-corrected chi connectivity index (χ3v) is 4.88. The number of nitrogens with two attached hydrogens (primary N) is 1. The number of carbonyl (C=O) groups is 3. The van der Waals surface area contributed by atoms with E-state index in [0.29, 0.717) is 11.3 Å². The molecule has 1 unspecified atom stereocenters. The number of nitrogens with one attached hydrogen (secondary N) is 3. The number of alkyl halides is 2. The Bertz CT molecular complexity index is 945. The summed E-state index contributed by atoms with van der Waals surface area (Å²) in [6.07, 6.45) is 3.44. The number of nitrogens with zero attached hydrogens (tertiary/aromatic N) is 1. The normalized spacial score (nSPS) is 16.1. The van der Waals surface area contributed by atoms with E-state index in [1.165, 1.54) is 24.6 Å². The number of rotatable bonds is 9. The maximum atomic E-state index is 12.3. The molecule has 1 aromatic carbocycles. The minimum Gasteiger partial charge on any atom is -0.509 e. The summed E-state index contributed by atoms with van der Waals surface area (Å²) in [6.45, 7) is -0.395. The summed E-state index contributed by atoms with van der Waals surface area (Å²) in [5.74, 6) is 2.53. The van der Waals surface area contributed by atoms with Crippen molar-refractivity contribution in [2.24, 2.45) is 10.8 Å². The molecule has 2 amide bonds. The quantitative estimate of drug-likeness (QED) is 0.104. The van der Waals surface area contributed by atoms with Crippen molar-refractivity contribution in [1.82, 2.24) is 16.1 Å². The molecular formula is C19H21Cl2N5O5. The summed E-state index contributed by atoms with van der Waals surface area (Å²) >= 11 is 12.0. The first kappa shape index (κ1) is 24.2. The molecule has 0 saturated carbocycles. The van der Waals surface area contributed by atoms with Crippen LogP contribution < -0.4 is 21.9 Å². The highest BCUT2D eigenvalue weighted by atomic mass is 35.5. The van der Waals surface area contributed by atoms with Crippen LogP contribution in [0.15, 0.2) is 52.7 Å². The number of aliphatic hydroxyl groups is 1. The molecule has 0 radical (unpaired) electrons. The summed E-state index contributed by atoms with van der Waals surface area (Å²) in [6, 6.07) is 5.39. The number of hydrazine groups is 1. The highest BCUT2D eigenvalue weighted by Gasteiger charge is 2.35. The van der Waals surface area contributed by atoms with Crippen molar-refractivity contribution in [1.29, 1.82) is 0 Å². The first-order valence-corrected chi connectivity index (χ1v) is 9.74. The molecule has 1 aliphatic rings. The molecule has 166 valence electrons. The lowest BCUT2D eigenvalue weighted by Crippen LogP contribution is -2.44. The molecule has 10 nitrogen and oxygen atoms in total. The molecule has 0 aromatic heterocycles. The van der Waals surface area contributed by atoms with Crippen LogP contribution in [0.2, 0.25) is 0 Å². The number of amides is 2. The number of benzene rings is 1. The summed E-state index contributed by atoms with van der Waals surface area (Å²) in [7, 11) is 0. The number of halogens is 2. The lowest BCUT2D eigenvalue weighted by molar-refractivity contribution is -0.137. The van der Waals surface area contributed by atoms with E-state index in [2.05, 4.69) is 21.1 Å². The van der Waals surface area contributed by atoms with Gasteiger partial charge in [-0.1, -0.05) is 35.3 Å². The summed E-state index contributed by atoms with van der Waals surface area (Å²) in [5.41, 5.74) is 3.41. The fraction of sp³-hybridized carbons (Fsp3) is 0.263. The standard InChI is InChI=1S/C19H21Cl2N5O5/c20-19(21)8-12(4-5-15(19)27)14(7-17(29)30)26-16(28)9-23-18(31)11-2-1-3-13(6-11)24-10-25-22/h1-6,10,14,27H,7-9,22H2,(H,23,31)(H,24,25)(H,26,28)(H,29,30). The molecule has 1 aliphatic carbocycles. The maximum absolute atomic E-state index is 12.3. The fourth-order valence-corrected chi connectivity index (χ4v) is 3.18. The van der Waals surface area contributed by atoms with Gasteiger partial charge >= 0.3 is 5.97 Å². The van der Waals surface area contributed by atoms with E-state index in [4.69, 9.17) is 34.2 Å². The van der Waals surface area contributed by atoms with Crippen LogP contribution in [0.25, 0.3) is 0 Å². The molecule has 31 heavy (non-hydrogen) atoms. The first-order valence-electron chi connectivity index (χ1n) is 8.98. The summed E-state index contributed by atoms with van der Waals surface area (Å²) in [4.78, 5) is 39.8. The number of allylic oxidation sites excluding steroid dienone is 3. The van der Waals surface area contributed by atoms with Gasteiger partial charge in [0.1, 0.15) is 12.1 Å². The van der Waals surface area contributed by atoms with Gasteiger partial charge in [-0.2, -0.15) is 0 Å². The molecule has 12 heteroatoms. The van der Waals surface area contributed by atoms with Crippen LogP contribution in [0, 0.1) is 0 Å². The van der Waals surface area contributed by atoms with Crippen molar-refractivity contribution in [3.05, 3.63) is 53.3 Å². The van der Waals surface area contributed by atoms with Crippen LogP contribution in [0.3, 0.4) is 0 Å². The number of aliphatic hydroxyl groups excluding tert-OH is 1. The molecule has 7 N–H and O–H groups in total. The Morgan fingerprint density at radius 3 is 2.68 bits per heavy atom. The van der Waals surface area contributed by atoms with Crippen LogP contribution in [0.4, 0.5) is 5.69 Å². The monoisotopic (exact) mass is 469 g/mol. The molecule has 0 spiro atoms. The van der Waals surface area contributed by atoms with Crippen LogP contribution in [-0.2, 0) is 9.59 Å². The van der Waals surface area contributed by atoms with Gasteiger partial charge in [-0.05, 0) is 29.8 Å². The van der Waals surface area contributed by atoms with Crippen LogP contribution in [-0.4, -0.2) is 51.3 Å². The fourth-order valence-electron chi connectivity index (χ4n) is 2.75. The molecule has 2 rings (SSSR count). The molecule has 1 aromatic rings. The van der Waals surface area contributed by atoms with E-state index in [9.17, 15) is 19.5 Å². The van der Waals surface area contributed by atoms with Gasteiger partial charge in [0.15, 0.2) is 4.33 Å². The minimum absolute atomic E-state index is 0.0754. The predicted molar refractivity (Wildman–Crippen MR) is 116 cm³/mol. The number of aliphatic imine (C=N–C) groups is 1. The predicted octanol–water partition coefficient (Wildman–Crippen LogP) is 1.44. The van der Waals surface area contributed by atoms with Crippen molar-refractivity contribution < 1.29 is 24.6 Å². The Morgan fingerprint density at radius 2 is 2.03 bits per heavy atom. The first-order chi connectivity index (χ1) is 14.6. The topological polar surface area (TPSA) is 166 Å². The van der Waals surface area contributed by atoms with Crippen molar-refractivity contribution in [2.45, 2.75) is 23.2 Å². The van der Waals surface area contributed by atoms with Crippen molar-refractivity contribution in [3.63, 3.8) is 0 Å². The number of hydrogen-bond acceptors (Lipinski definition) is 6. The number of carboxylic acids is 1. The Balaban J connectivity index is 2.01. The Hall–Kier alpha value is -3.08. The van der Waals surface area contributed by atoms with Gasteiger partial charge in [0, 0.05) is 12.0 Å². The minimum atomic E-state index is -1.62. The molecule has 0 fully saturated rings. The Morgan fingerprint density at radius 1 is 1.29 bits per heavy atom. The van der Waals surface area contributed by atoms with E-state index in [0.717, 1.165) is 0 Å². The number of carboxylic acid groups (broad SMARTS) is 1. The van der Waals surface area contributed by atoms with Crippen molar-refractivity contribution >= 4 is 53.0 Å². The van der Waals surface area contributed by atoms with E-state index in [1.54, 1.807) is 18.2 Å². The summed E-state index contributed by atoms with van der Waals surface area (Å²) in [5, 5.41) is 23.9. The van der Waals surface area contributed by atoms with E-state index < -0.39 is 41.1 Å². The highest BCUT2D eigenvalue weighted by molar-refractivity contribution is 6.50. The van der Waals surface area contributed by atoms with Gasteiger partial charge < -0.3 is 26.3 Å². The largest absolute Gasteiger partial charge is 0.509 e. The number of aliphatic carboxylic acids is 1. The SMILES string of the molecule is NNC=Nc1cccc(C(=O)NCC(=O)NC(CC(=O)O)C2=CC=C(O)C(Cl)(Cl)C2)c1. The second-order valence-corrected chi connectivity index (χ2v) is 8.03. The zero-order valence-electron chi connectivity index (χ0n) is 16.1. The summed E-state index contributed by atoms with van der Waals surface area (Å²) < 4.78 is -1.62. The second-order valence-electron chi connectivity index (χ2n) is 6.55. The van der Waals surface area contributed by atoms with Gasteiger partial charge in [-0.25, -0.2) is 10.8 Å². The van der Waals surface area contributed by atoms with Gasteiger partial charge in [-0.15, -0.1) is 0 Å². The highest BCUT2D eigenvalue weighted by Crippen LogP contribution is 2.39. The second kappa shape index (κ2) is 10.8. The third-order valence-electron chi connectivity index (χ3n) is 4.22. The number of carbonyl (C=O) groups excluding carboxylic acids is 2. The van der Waals surface area contributed by atoms with Gasteiger partial charge in [0.05, 0.1) is 24.7 Å². The van der Waals surface area contributed by atoms with Crippen LogP contribution in [0.1, 0.15) is 23.2 Å². The molecule has 0 heterocycles. The molecule has 0 aliphatic heterocycles.